The summed E-state index contributed by atoms with van der Waals surface area (Å²) in [5.74, 6) is -0.0755. The number of hydrogen-bond donors (Lipinski definition) is 0. The van der Waals surface area contributed by atoms with Crippen LogP contribution in [0.5, 0.6) is 0 Å². The second kappa shape index (κ2) is 3.30. The maximum Gasteiger partial charge on any atom is 0.267 e. The normalized spacial score (nSPS) is 9.83. The maximum atomic E-state index is 11.1. The van der Waals surface area contributed by atoms with Crippen molar-refractivity contribution < 1.29 is 4.79 Å². The second-order valence-corrected chi connectivity index (χ2v) is 2.73. The van der Waals surface area contributed by atoms with Gasteiger partial charge in [-0.25, -0.2) is 4.68 Å². The summed E-state index contributed by atoms with van der Waals surface area (Å²) in [4.78, 5) is 21.8. The Morgan fingerprint density at radius 3 is 2.83 bits per heavy atom. The van der Waals surface area contributed by atoms with E-state index in [-0.39, 0.29) is 17.9 Å². The van der Waals surface area contributed by atoms with Crippen LogP contribution in [0.25, 0.3) is 0 Å². The molecule has 1 aromatic rings. The van der Waals surface area contributed by atoms with Gasteiger partial charge in [-0.1, -0.05) is 0 Å². The Labute approximate surface area is 69.8 Å². The number of ketones is 1. The first-order valence-electron chi connectivity index (χ1n) is 3.63. The van der Waals surface area contributed by atoms with E-state index in [1.165, 1.54) is 13.0 Å². The Hall–Kier alpha value is -1.45. The molecule has 0 saturated carbocycles. The average molecular weight is 166 g/mol. The molecular formula is C8H10N2O2. The third-order valence-electron chi connectivity index (χ3n) is 1.38. The fraction of sp³-hybridized carbons (Fsp3) is 0.375. The van der Waals surface area contributed by atoms with Crippen molar-refractivity contribution in [2.24, 2.45) is 0 Å². The topological polar surface area (TPSA) is 52.0 Å². The van der Waals surface area contributed by atoms with E-state index in [0.717, 1.165) is 10.2 Å². The van der Waals surface area contributed by atoms with Gasteiger partial charge in [-0.2, -0.15) is 5.10 Å². The van der Waals surface area contributed by atoms with E-state index in [9.17, 15) is 9.59 Å². The van der Waals surface area contributed by atoms with Gasteiger partial charge in [0.1, 0.15) is 6.54 Å². The highest BCUT2D eigenvalue weighted by molar-refractivity contribution is 5.75. The lowest BCUT2D eigenvalue weighted by Gasteiger charge is -1.99. The Bertz CT molecular complexity index is 354. The molecule has 64 valence electrons. The minimum absolute atomic E-state index is 0.0547. The van der Waals surface area contributed by atoms with Crippen molar-refractivity contribution in [2.45, 2.75) is 20.4 Å². The molecule has 0 unspecified atom stereocenters. The summed E-state index contributed by atoms with van der Waals surface area (Å²) >= 11 is 0. The van der Waals surface area contributed by atoms with Crippen LogP contribution in [0, 0.1) is 6.92 Å². The highest BCUT2D eigenvalue weighted by atomic mass is 16.1. The summed E-state index contributed by atoms with van der Waals surface area (Å²) in [5, 5.41) is 3.80. The Kier molecular flexibility index (Phi) is 2.38. The van der Waals surface area contributed by atoms with Gasteiger partial charge in [-0.05, 0) is 19.4 Å². The molecule has 0 atom stereocenters. The molecular weight excluding hydrogens is 156 g/mol. The van der Waals surface area contributed by atoms with Gasteiger partial charge in [0.05, 0.1) is 6.20 Å². The van der Waals surface area contributed by atoms with Crippen LogP contribution in [0.1, 0.15) is 12.5 Å². The minimum Gasteiger partial charge on any atom is -0.298 e. The van der Waals surface area contributed by atoms with Gasteiger partial charge in [-0.3, -0.25) is 9.59 Å². The molecule has 0 bridgehead atoms. The molecule has 0 amide bonds. The van der Waals surface area contributed by atoms with Crippen LogP contribution >= 0.6 is 0 Å². The van der Waals surface area contributed by atoms with E-state index in [1.54, 1.807) is 13.1 Å². The number of aryl methyl sites for hydroxylation is 1. The van der Waals surface area contributed by atoms with E-state index in [2.05, 4.69) is 5.10 Å². The minimum atomic E-state index is -0.231. The lowest BCUT2D eigenvalue weighted by atomic mass is 10.3. The van der Waals surface area contributed by atoms with Crippen LogP contribution in [-0.4, -0.2) is 15.6 Å². The van der Waals surface area contributed by atoms with Gasteiger partial charge in [0.15, 0.2) is 5.78 Å². The monoisotopic (exact) mass is 166 g/mol. The molecule has 0 aliphatic heterocycles. The van der Waals surface area contributed by atoms with Crippen molar-refractivity contribution >= 4 is 5.78 Å². The second-order valence-electron chi connectivity index (χ2n) is 2.73. The zero-order valence-electron chi connectivity index (χ0n) is 7.07. The quantitative estimate of drug-likeness (QED) is 0.628. The van der Waals surface area contributed by atoms with Crippen molar-refractivity contribution in [1.29, 1.82) is 0 Å². The number of carbonyl (C=O) groups is 1. The SMILES string of the molecule is CC(=O)Cn1ncc(C)cc1=O. The number of carbonyl (C=O) groups excluding carboxylic acids is 1. The lowest BCUT2D eigenvalue weighted by molar-refractivity contribution is -0.117. The molecule has 1 heterocycles. The van der Waals surface area contributed by atoms with Gasteiger partial charge >= 0.3 is 0 Å². The number of Topliss-reactive ketones (excluding diaryl/α,β-unsaturated/α-hetero) is 1. The number of hydrogen-bond acceptors (Lipinski definition) is 3. The molecule has 1 rings (SSSR count). The summed E-state index contributed by atoms with van der Waals surface area (Å²) in [6.45, 7) is 3.26. The lowest BCUT2D eigenvalue weighted by Crippen LogP contribution is -2.24. The van der Waals surface area contributed by atoms with Crippen molar-refractivity contribution in [3.8, 4) is 0 Å². The fourth-order valence-corrected chi connectivity index (χ4v) is 0.854. The molecule has 1 aromatic heterocycles. The molecule has 4 nitrogen and oxygen atoms in total. The van der Waals surface area contributed by atoms with Gasteiger partial charge in [0.25, 0.3) is 5.56 Å². The third kappa shape index (κ3) is 2.02. The molecule has 0 saturated heterocycles. The Morgan fingerprint density at radius 2 is 2.33 bits per heavy atom. The van der Waals surface area contributed by atoms with Crippen LogP contribution in [0.3, 0.4) is 0 Å². The number of rotatable bonds is 2. The van der Waals surface area contributed by atoms with Gasteiger partial charge in [0.2, 0.25) is 0 Å². The van der Waals surface area contributed by atoms with Crippen molar-refractivity contribution in [2.75, 3.05) is 0 Å². The highest BCUT2D eigenvalue weighted by Gasteiger charge is 1.99. The standard InChI is InChI=1S/C8H10N2O2/c1-6-3-8(12)10(9-4-6)5-7(2)11/h3-4H,5H2,1-2H3. The van der Waals surface area contributed by atoms with Crippen molar-refractivity contribution in [3.63, 3.8) is 0 Å². The summed E-state index contributed by atoms with van der Waals surface area (Å²) in [7, 11) is 0. The van der Waals surface area contributed by atoms with Crippen LogP contribution in [-0.2, 0) is 11.3 Å². The molecule has 4 heteroatoms. The van der Waals surface area contributed by atoms with Crippen LogP contribution in [0.2, 0.25) is 0 Å². The van der Waals surface area contributed by atoms with E-state index >= 15 is 0 Å². The van der Waals surface area contributed by atoms with Gasteiger partial charge in [0, 0.05) is 6.07 Å². The number of nitrogens with zero attached hydrogens (tertiary/aromatic N) is 2. The van der Waals surface area contributed by atoms with Crippen LogP contribution < -0.4 is 5.56 Å². The molecule has 0 aliphatic rings. The average Bonchev–Trinajstić information content (AvgIpc) is 1.94. The van der Waals surface area contributed by atoms with Gasteiger partial charge in [-0.15, -0.1) is 0 Å². The van der Waals surface area contributed by atoms with E-state index in [0.29, 0.717) is 0 Å². The molecule has 0 aromatic carbocycles. The van der Waals surface area contributed by atoms with E-state index in [1.807, 2.05) is 0 Å². The third-order valence-corrected chi connectivity index (χ3v) is 1.38. The molecule has 0 fully saturated rings. The van der Waals surface area contributed by atoms with Gasteiger partial charge < -0.3 is 0 Å². The van der Waals surface area contributed by atoms with Crippen LogP contribution in [0.15, 0.2) is 17.1 Å². The van der Waals surface area contributed by atoms with Crippen LogP contribution in [0.4, 0.5) is 0 Å². The van der Waals surface area contributed by atoms with Crippen molar-refractivity contribution in [1.82, 2.24) is 9.78 Å². The zero-order chi connectivity index (χ0) is 9.14. The Balaban J connectivity index is 3.02. The summed E-state index contributed by atoms with van der Waals surface area (Å²) in [6.07, 6.45) is 1.56. The van der Waals surface area contributed by atoms with E-state index < -0.39 is 0 Å². The molecule has 0 aliphatic carbocycles. The highest BCUT2D eigenvalue weighted by Crippen LogP contribution is 1.86. The zero-order valence-corrected chi connectivity index (χ0v) is 7.07. The summed E-state index contributed by atoms with van der Waals surface area (Å²) in [6, 6.07) is 1.45. The van der Waals surface area contributed by atoms with Crippen molar-refractivity contribution in [3.05, 3.63) is 28.2 Å². The smallest absolute Gasteiger partial charge is 0.267 e. The maximum absolute atomic E-state index is 11.1. The number of aromatic nitrogens is 2. The Morgan fingerprint density at radius 1 is 1.67 bits per heavy atom. The molecule has 12 heavy (non-hydrogen) atoms. The predicted molar refractivity (Wildman–Crippen MR) is 43.9 cm³/mol. The first-order valence-corrected chi connectivity index (χ1v) is 3.63. The fourth-order valence-electron chi connectivity index (χ4n) is 0.854. The first kappa shape index (κ1) is 8.64. The predicted octanol–water partition coefficient (Wildman–Crippen LogP) is 0.141. The molecule has 0 N–H and O–H groups in total. The largest absolute Gasteiger partial charge is 0.298 e. The molecule has 0 spiro atoms. The summed E-state index contributed by atoms with van der Waals surface area (Å²) in [5.41, 5.74) is 0.574. The first-order chi connectivity index (χ1) is 5.59. The summed E-state index contributed by atoms with van der Waals surface area (Å²) < 4.78 is 1.15. The van der Waals surface area contributed by atoms with E-state index in [4.69, 9.17) is 0 Å². The molecule has 0 radical (unpaired) electrons.